The molecule has 0 aromatic carbocycles. The minimum Gasteiger partial charge on any atom is -0.414 e. The lowest BCUT2D eigenvalue weighted by Gasteiger charge is -2.50. The molecule has 0 amide bonds. The summed E-state index contributed by atoms with van der Waals surface area (Å²) >= 11 is 0. The Morgan fingerprint density at radius 2 is 1.41 bits per heavy atom. The van der Waals surface area contributed by atoms with Gasteiger partial charge in [-0.25, -0.2) is 0 Å². The summed E-state index contributed by atoms with van der Waals surface area (Å²) in [4.78, 5) is 0. The third kappa shape index (κ3) is 3.89. The largest absolute Gasteiger partial charge is 0.414 e. The SMILES string of the molecule is CCC(C)(C)[Si](C)(C)OC(C)(CP)[Si](C)(C)C. The lowest BCUT2D eigenvalue weighted by atomic mass is 10.1. The maximum absolute atomic E-state index is 6.77. The van der Waals surface area contributed by atoms with E-state index in [1.165, 1.54) is 6.42 Å². The first-order chi connectivity index (χ1) is 7.33. The van der Waals surface area contributed by atoms with Crippen molar-refractivity contribution in [1.82, 2.24) is 0 Å². The van der Waals surface area contributed by atoms with Crippen molar-refractivity contribution in [3.63, 3.8) is 0 Å². The van der Waals surface area contributed by atoms with Gasteiger partial charge in [0.25, 0.3) is 0 Å². The highest BCUT2D eigenvalue weighted by atomic mass is 31.0. The molecule has 0 saturated heterocycles. The topological polar surface area (TPSA) is 9.23 Å². The molecule has 0 aliphatic heterocycles. The van der Waals surface area contributed by atoms with E-state index in [0.29, 0.717) is 5.04 Å². The van der Waals surface area contributed by atoms with E-state index in [1.54, 1.807) is 0 Å². The molecule has 1 nitrogen and oxygen atoms in total. The van der Waals surface area contributed by atoms with E-state index < -0.39 is 16.4 Å². The van der Waals surface area contributed by atoms with Crippen molar-refractivity contribution in [2.75, 3.05) is 6.16 Å². The second kappa shape index (κ2) is 5.44. The van der Waals surface area contributed by atoms with Crippen molar-refractivity contribution >= 4 is 25.6 Å². The average molecular weight is 293 g/mol. The lowest BCUT2D eigenvalue weighted by molar-refractivity contribution is 0.166. The zero-order valence-electron chi connectivity index (χ0n) is 13.4. The van der Waals surface area contributed by atoms with Crippen LogP contribution in [0.3, 0.4) is 0 Å². The molecule has 0 aromatic heterocycles. The van der Waals surface area contributed by atoms with Crippen LogP contribution in [-0.4, -0.2) is 27.8 Å². The summed E-state index contributed by atoms with van der Waals surface area (Å²) in [5.74, 6) is 0. The summed E-state index contributed by atoms with van der Waals surface area (Å²) in [6, 6.07) is 0. The van der Waals surface area contributed by atoms with Gasteiger partial charge in [0.15, 0.2) is 8.32 Å². The van der Waals surface area contributed by atoms with E-state index in [4.69, 9.17) is 4.43 Å². The van der Waals surface area contributed by atoms with Gasteiger partial charge >= 0.3 is 0 Å². The van der Waals surface area contributed by atoms with Crippen LogP contribution in [0.4, 0.5) is 0 Å². The Bertz CT molecular complexity index is 259. The minimum absolute atomic E-state index is 0.0832. The van der Waals surface area contributed by atoms with Crippen LogP contribution in [0.1, 0.15) is 34.1 Å². The molecular formula is C13H33OPSi2. The van der Waals surface area contributed by atoms with Crippen LogP contribution >= 0.6 is 9.24 Å². The standard InChI is InChI=1S/C13H33OPSi2/c1-10-12(2,3)17(8,9)14-13(4,11-15)16(5,6)7/h10-11,15H2,1-9H3. The molecule has 17 heavy (non-hydrogen) atoms. The summed E-state index contributed by atoms with van der Waals surface area (Å²) in [7, 11) is -0.0939. The molecule has 0 radical (unpaired) electrons. The van der Waals surface area contributed by atoms with Crippen LogP contribution in [0.2, 0.25) is 37.8 Å². The second-order valence-electron chi connectivity index (χ2n) is 7.53. The van der Waals surface area contributed by atoms with Crippen molar-refractivity contribution in [3.8, 4) is 0 Å². The molecule has 0 saturated carbocycles. The monoisotopic (exact) mass is 292 g/mol. The Kier molecular flexibility index (Phi) is 5.71. The van der Waals surface area contributed by atoms with E-state index in [9.17, 15) is 0 Å². The number of hydrogen-bond donors (Lipinski definition) is 0. The Hall–Kier alpha value is 0.824. The molecule has 0 N–H and O–H groups in total. The van der Waals surface area contributed by atoms with Gasteiger partial charge in [-0.15, -0.1) is 9.24 Å². The predicted molar refractivity (Wildman–Crippen MR) is 89.2 cm³/mol. The van der Waals surface area contributed by atoms with Crippen molar-refractivity contribution in [1.29, 1.82) is 0 Å². The fourth-order valence-electron chi connectivity index (χ4n) is 1.63. The quantitative estimate of drug-likeness (QED) is 0.499. The molecule has 2 atom stereocenters. The van der Waals surface area contributed by atoms with Crippen LogP contribution in [0, 0.1) is 0 Å². The van der Waals surface area contributed by atoms with Gasteiger partial charge in [-0.2, -0.15) is 0 Å². The van der Waals surface area contributed by atoms with Gasteiger partial charge in [0.2, 0.25) is 0 Å². The molecule has 0 rings (SSSR count). The maximum Gasteiger partial charge on any atom is 0.192 e. The molecule has 4 heteroatoms. The fraction of sp³-hybridized carbons (Fsp3) is 1.00. The summed E-state index contributed by atoms with van der Waals surface area (Å²) in [5.41, 5.74) is 0. The van der Waals surface area contributed by atoms with Gasteiger partial charge in [-0.3, -0.25) is 0 Å². The third-order valence-electron chi connectivity index (χ3n) is 4.97. The van der Waals surface area contributed by atoms with Gasteiger partial charge in [0, 0.05) is 5.22 Å². The van der Waals surface area contributed by atoms with Crippen LogP contribution in [-0.2, 0) is 4.43 Å². The Morgan fingerprint density at radius 1 is 1.00 bits per heavy atom. The molecule has 0 bridgehead atoms. The molecule has 0 heterocycles. The summed E-state index contributed by atoms with van der Waals surface area (Å²) in [6.45, 7) is 21.4. The highest BCUT2D eigenvalue weighted by molar-refractivity contribution is 7.17. The minimum atomic E-state index is -1.68. The van der Waals surface area contributed by atoms with E-state index >= 15 is 0 Å². The molecular weight excluding hydrogens is 259 g/mol. The Morgan fingerprint density at radius 3 is 1.65 bits per heavy atom. The molecule has 0 spiro atoms. The lowest BCUT2D eigenvalue weighted by Crippen LogP contribution is -2.60. The zero-order valence-corrected chi connectivity index (χ0v) is 16.6. The van der Waals surface area contributed by atoms with Gasteiger partial charge in [-0.1, -0.05) is 46.8 Å². The molecule has 104 valence electrons. The summed E-state index contributed by atoms with van der Waals surface area (Å²) in [5, 5.41) is 0.424. The van der Waals surface area contributed by atoms with Crippen molar-refractivity contribution < 1.29 is 4.43 Å². The maximum atomic E-state index is 6.77. The summed E-state index contributed by atoms with van der Waals surface area (Å²) < 4.78 is 6.77. The highest BCUT2D eigenvalue weighted by Gasteiger charge is 2.48. The van der Waals surface area contributed by atoms with E-state index in [-0.39, 0.29) is 5.22 Å². The molecule has 0 aromatic rings. The number of hydrogen-bond acceptors (Lipinski definition) is 1. The first kappa shape index (κ1) is 17.8. The first-order valence-corrected chi connectivity index (χ1v) is 14.0. The van der Waals surface area contributed by atoms with Crippen LogP contribution in [0.5, 0.6) is 0 Å². The second-order valence-corrected chi connectivity index (χ2v) is 18.1. The van der Waals surface area contributed by atoms with Gasteiger partial charge in [0.1, 0.15) is 0 Å². The highest BCUT2D eigenvalue weighted by Crippen LogP contribution is 2.44. The van der Waals surface area contributed by atoms with Gasteiger partial charge in [0.05, 0.1) is 8.07 Å². The normalized spacial score (nSPS) is 18.0. The van der Waals surface area contributed by atoms with Crippen molar-refractivity contribution in [2.24, 2.45) is 0 Å². The van der Waals surface area contributed by atoms with Crippen LogP contribution in [0.15, 0.2) is 0 Å². The van der Waals surface area contributed by atoms with Gasteiger partial charge in [-0.05, 0) is 31.2 Å². The average Bonchev–Trinajstić information content (AvgIpc) is 2.14. The van der Waals surface area contributed by atoms with Gasteiger partial charge < -0.3 is 4.43 Å². The van der Waals surface area contributed by atoms with E-state index in [0.717, 1.165) is 6.16 Å². The third-order valence-corrected chi connectivity index (χ3v) is 14.4. The molecule has 0 aliphatic carbocycles. The predicted octanol–water partition coefficient (Wildman–Crippen LogP) is 4.91. The van der Waals surface area contributed by atoms with Crippen molar-refractivity contribution in [3.05, 3.63) is 0 Å². The molecule has 0 aliphatic rings. The molecule has 0 fully saturated rings. The fourth-order valence-corrected chi connectivity index (χ4v) is 8.66. The smallest absolute Gasteiger partial charge is 0.192 e. The van der Waals surface area contributed by atoms with Crippen molar-refractivity contribution in [2.45, 2.75) is 77.1 Å². The van der Waals surface area contributed by atoms with E-state index in [2.05, 4.69) is 69.7 Å². The summed E-state index contributed by atoms with van der Waals surface area (Å²) in [6.07, 6.45) is 2.25. The molecule has 2 unspecified atom stereocenters. The van der Waals surface area contributed by atoms with Crippen LogP contribution in [0.25, 0.3) is 0 Å². The Balaban J connectivity index is 5.17. The van der Waals surface area contributed by atoms with E-state index in [1.807, 2.05) is 0 Å². The number of rotatable bonds is 6. The Labute approximate surface area is 113 Å². The van der Waals surface area contributed by atoms with Crippen LogP contribution < -0.4 is 0 Å². The zero-order chi connectivity index (χ0) is 14.1. The first-order valence-electron chi connectivity index (χ1n) is 6.73.